The van der Waals surface area contributed by atoms with Crippen molar-refractivity contribution in [3.63, 3.8) is 0 Å². The number of unbranched alkanes of at least 4 members (excludes halogenated alkanes) is 3. The van der Waals surface area contributed by atoms with Crippen molar-refractivity contribution in [1.82, 2.24) is 0 Å². The van der Waals surface area contributed by atoms with Gasteiger partial charge in [0.15, 0.2) is 0 Å². The normalized spacial score (nSPS) is 10.9. The zero-order valence-corrected chi connectivity index (χ0v) is 20.7. The lowest BCUT2D eigenvalue weighted by atomic mass is 9.91. The summed E-state index contributed by atoms with van der Waals surface area (Å²) in [5.41, 5.74) is 9.58. The molecule has 0 aliphatic heterocycles. The van der Waals surface area contributed by atoms with Gasteiger partial charge in [0.05, 0.1) is 12.2 Å². The molecule has 3 rings (SSSR count). The SMILES string of the molecule is CCc1cc(-c2cc(C)c(C)cc2CC)ccc1C(=O)OCCCCCCc1ccccc1. The highest BCUT2D eigenvalue weighted by atomic mass is 16.5. The van der Waals surface area contributed by atoms with E-state index in [1.807, 2.05) is 6.07 Å². The zero-order valence-electron chi connectivity index (χ0n) is 20.7. The number of esters is 1. The number of carbonyl (C=O) groups excluding carboxylic acids is 1. The van der Waals surface area contributed by atoms with Crippen LogP contribution in [0.4, 0.5) is 0 Å². The monoisotopic (exact) mass is 442 g/mol. The molecule has 2 heteroatoms. The molecule has 0 bridgehead atoms. The predicted octanol–water partition coefficient (Wildman–Crippen LogP) is 8.06. The Kier molecular flexibility index (Phi) is 9.30. The van der Waals surface area contributed by atoms with Gasteiger partial charge in [-0.2, -0.15) is 0 Å². The summed E-state index contributed by atoms with van der Waals surface area (Å²) in [5.74, 6) is -0.196. The molecule has 0 aliphatic carbocycles. The molecule has 0 atom stereocenters. The molecule has 0 heterocycles. The molecule has 0 N–H and O–H groups in total. The van der Waals surface area contributed by atoms with Crippen molar-refractivity contribution in [2.75, 3.05) is 6.61 Å². The van der Waals surface area contributed by atoms with E-state index in [4.69, 9.17) is 4.74 Å². The van der Waals surface area contributed by atoms with Crippen LogP contribution in [0, 0.1) is 13.8 Å². The zero-order chi connectivity index (χ0) is 23.6. The van der Waals surface area contributed by atoms with Gasteiger partial charge >= 0.3 is 5.97 Å². The van der Waals surface area contributed by atoms with Crippen LogP contribution < -0.4 is 0 Å². The molecule has 0 saturated carbocycles. The van der Waals surface area contributed by atoms with E-state index in [9.17, 15) is 4.79 Å². The van der Waals surface area contributed by atoms with Crippen LogP contribution in [0.5, 0.6) is 0 Å². The van der Waals surface area contributed by atoms with Crippen LogP contribution in [-0.4, -0.2) is 12.6 Å². The van der Waals surface area contributed by atoms with Crippen molar-refractivity contribution in [2.45, 2.75) is 72.6 Å². The molecule has 3 aromatic carbocycles. The van der Waals surface area contributed by atoms with Gasteiger partial charge in [-0.25, -0.2) is 4.79 Å². The standard InChI is InChI=1S/C31H38O2/c1-5-26-20-23(3)24(4)21-30(26)28-17-18-29(27(6-2)22-28)31(32)33-19-13-8-7-10-14-25-15-11-9-12-16-25/h9,11-12,15-18,20-22H,5-8,10,13-14,19H2,1-4H3. The first-order valence-corrected chi connectivity index (χ1v) is 12.5. The minimum Gasteiger partial charge on any atom is -0.462 e. The van der Waals surface area contributed by atoms with Gasteiger partial charge in [-0.3, -0.25) is 0 Å². The molecule has 0 unspecified atom stereocenters. The van der Waals surface area contributed by atoms with E-state index < -0.39 is 0 Å². The average molecular weight is 443 g/mol. The van der Waals surface area contributed by atoms with Crippen molar-refractivity contribution < 1.29 is 9.53 Å². The van der Waals surface area contributed by atoms with Crippen LogP contribution >= 0.6 is 0 Å². The van der Waals surface area contributed by atoms with E-state index in [1.165, 1.54) is 39.8 Å². The summed E-state index contributed by atoms with van der Waals surface area (Å²) < 4.78 is 5.62. The quantitative estimate of drug-likeness (QED) is 0.222. The van der Waals surface area contributed by atoms with Crippen LogP contribution in [0.3, 0.4) is 0 Å². The number of rotatable bonds is 11. The van der Waals surface area contributed by atoms with Crippen molar-refractivity contribution in [3.8, 4) is 11.1 Å². The van der Waals surface area contributed by atoms with Crippen LogP contribution in [0.2, 0.25) is 0 Å². The van der Waals surface area contributed by atoms with Crippen molar-refractivity contribution in [3.05, 3.63) is 94.0 Å². The second-order valence-electron chi connectivity index (χ2n) is 8.96. The van der Waals surface area contributed by atoms with Gasteiger partial charge < -0.3 is 4.74 Å². The van der Waals surface area contributed by atoms with Gasteiger partial charge in [-0.15, -0.1) is 0 Å². The molecular weight excluding hydrogens is 404 g/mol. The second kappa shape index (κ2) is 12.4. The van der Waals surface area contributed by atoms with Gasteiger partial charge in [0.2, 0.25) is 0 Å². The largest absolute Gasteiger partial charge is 0.462 e. The Morgan fingerprint density at radius 3 is 2.18 bits per heavy atom. The van der Waals surface area contributed by atoms with Crippen LogP contribution in [0.25, 0.3) is 11.1 Å². The maximum Gasteiger partial charge on any atom is 0.338 e. The van der Waals surface area contributed by atoms with E-state index in [0.717, 1.165) is 44.1 Å². The molecule has 0 aromatic heterocycles. The maximum absolute atomic E-state index is 12.7. The maximum atomic E-state index is 12.7. The number of ether oxygens (including phenoxy) is 1. The Labute approximate surface area is 200 Å². The Morgan fingerprint density at radius 2 is 1.45 bits per heavy atom. The van der Waals surface area contributed by atoms with Crippen molar-refractivity contribution in [1.29, 1.82) is 0 Å². The molecule has 0 fully saturated rings. The summed E-state index contributed by atoms with van der Waals surface area (Å²) in [6, 6.07) is 21.4. The number of carbonyl (C=O) groups is 1. The predicted molar refractivity (Wildman–Crippen MR) is 139 cm³/mol. The molecular formula is C31H38O2. The van der Waals surface area contributed by atoms with Crippen molar-refractivity contribution >= 4 is 5.97 Å². The first-order valence-electron chi connectivity index (χ1n) is 12.5. The molecule has 3 aromatic rings. The number of hydrogen-bond acceptors (Lipinski definition) is 2. The molecule has 0 spiro atoms. The summed E-state index contributed by atoms with van der Waals surface area (Å²) in [5, 5.41) is 0. The lowest BCUT2D eigenvalue weighted by molar-refractivity contribution is 0.0496. The summed E-state index contributed by atoms with van der Waals surface area (Å²) in [6.07, 6.45) is 7.27. The number of aryl methyl sites for hydroxylation is 5. The van der Waals surface area contributed by atoms with E-state index in [-0.39, 0.29) is 5.97 Å². The summed E-state index contributed by atoms with van der Waals surface area (Å²) in [4.78, 5) is 12.7. The molecule has 0 amide bonds. The highest BCUT2D eigenvalue weighted by molar-refractivity contribution is 5.92. The molecule has 0 saturated heterocycles. The summed E-state index contributed by atoms with van der Waals surface area (Å²) in [6.45, 7) is 9.11. The molecule has 33 heavy (non-hydrogen) atoms. The van der Waals surface area contributed by atoms with Gasteiger partial charge in [-0.1, -0.05) is 81.3 Å². The van der Waals surface area contributed by atoms with Gasteiger partial charge in [-0.05, 0) is 91.0 Å². The number of hydrogen-bond donors (Lipinski definition) is 0. The first kappa shape index (κ1) is 24.8. The molecule has 2 nitrogen and oxygen atoms in total. The average Bonchev–Trinajstić information content (AvgIpc) is 2.84. The topological polar surface area (TPSA) is 26.3 Å². The first-order chi connectivity index (χ1) is 16.0. The second-order valence-corrected chi connectivity index (χ2v) is 8.96. The van der Waals surface area contributed by atoms with Gasteiger partial charge in [0.1, 0.15) is 0 Å². The van der Waals surface area contributed by atoms with E-state index in [0.29, 0.717) is 12.2 Å². The van der Waals surface area contributed by atoms with E-state index in [1.54, 1.807) is 0 Å². The van der Waals surface area contributed by atoms with E-state index in [2.05, 4.69) is 82.3 Å². The summed E-state index contributed by atoms with van der Waals surface area (Å²) >= 11 is 0. The van der Waals surface area contributed by atoms with Crippen molar-refractivity contribution in [2.24, 2.45) is 0 Å². The fourth-order valence-corrected chi connectivity index (χ4v) is 4.36. The fourth-order valence-electron chi connectivity index (χ4n) is 4.36. The van der Waals surface area contributed by atoms with Gasteiger partial charge in [0.25, 0.3) is 0 Å². The third-order valence-electron chi connectivity index (χ3n) is 6.55. The van der Waals surface area contributed by atoms with Gasteiger partial charge in [0, 0.05) is 0 Å². The van der Waals surface area contributed by atoms with Crippen LogP contribution in [-0.2, 0) is 24.0 Å². The molecule has 0 aliphatic rings. The Hall–Kier alpha value is -2.87. The summed E-state index contributed by atoms with van der Waals surface area (Å²) in [7, 11) is 0. The molecule has 0 radical (unpaired) electrons. The Bertz CT molecular complexity index is 1050. The highest BCUT2D eigenvalue weighted by Crippen LogP contribution is 2.29. The Balaban J connectivity index is 1.54. The highest BCUT2D eigenvalue weighted by Gasteiger charge is 2.14. The van der Waals surface area contributed by atoms with E-state index >= 15 is 0 Å². The third-order valence-corrected chi connectivity index (χ3v) is 6.55. The van der Waals surface area contributed by atoms with Crippen LogP contribution in [0.1, 0.15) is 77.7 Å². The number of benzene rings is 3. The molecule has 174 valence electrons. The lowest BCUT2D eigenvalue weighted by Gasteiger charge is -2.15. The minimum atomic E-state index is -0.196. The lowest BCUT2D eigenvalue weighted by Crippen LogP contribution is -2.09. The smallest absolute Gasteiger partial charge is 0.338 e. The minimum absolute atomic E-state index is 0.196. The Morgan fingerprint density at radius 1 is 0.758 bits per heavy atom. The third kappa shape index (κ3) is 6.81. The fraction of sp³-hybridized carbons (Fsp3) is 0.387. The van der Waals surface area contributed by atoms with Crippen LogP contribution in [0.15, 0.2) is 60.7 Å².